The molecule has 94 valence electrons. The summed E-state index contributed by atoms with van der Waals surface area (Å²) in [6.45, 7) is 10.5. The Morgan fingerprint density at radius 3 is 2.12 bits per heavy atom. The van der Waals surface area contributed by atoms with E-state index in [9.17, 15) is 4.79 Å². The van der Waals surface area contributed by atoms with Crippen LogP contribution in [0.1, 0.15) is 47.5 Å². The van der Waals surface area contributed by atoms with Gasteiger partial charge in [-0.2, -0.15) is 0 Å². The summed E-state index contributed by atoms with van der Waals surface area (Å²) in [4.78, 5) is 12.0. The molecule has 0 amide bonds. The molecule has 1 rings (SSSR count). The summed E-state index contributed by atoms with van der Waals surface area (Å²) in [6.07, 6.45) is 1.60. The van der Waals surface area contributed by atoms with E-state index in [1.807, 2.05) is 0 Å². The first-order valence-corrected chi connectivity index (χ1v) is 6.15. The second kappa shape index (κ2) is 4.36. The number of methoxy groups -OCH3 is 1. The number of hydrogen-bond donors (Lipinski definition) is 0. The third kappa shape index (κ3) is 1.75. The lowest BCUT2D eigenvalue weighted by molar-refractivity contribution is -0.147. The van der Waals surface area contributed by atoms with E-state index in [2.05, 4.69) is 34.6 Å². The first kappa shape index (κ1) is 13.5. The van der Waals surface area contributed by atoms with Crippen LogP contribution in [0, 0.1) is 11.8 Å². The van der Waals surface area contributed by atoms with Gasteiger partial charge in [-0.1, -0.05) is 34.6 Å². The summed E-state index contributed by atoms with van der Waals surface area (Å²) < 4.78 is 10.8. The molecule has 2 unspecified atom stereocenters. The van der Waals surface area contributed by atoms with Crippen molar-refractivity contribution < 1.29 is 14.3 Å². The van der Waals surface area contributed by atoms with Crippen molar-refractivity contribution in [2.45, 2.75) is 58.7 Å². The van der Waals surface area contributed by atoms with Crippen molar-refractivity contribution in [2.75, 3.05) is 7.11 Å². The molecule has 16 heavy (non-hydrogen) atoms. The van der Waals surface area contributed by atoms with Crippen molar-refractivity contribution in [1.82, 2.24) is 0 Å². The lowest BCUT2D eigenvalue weighted by atomic mass is 9.77. The molecular formula is C13H24O3. The van der Waals surface area contributed by atoms with E-state index in [1.165, 1.54) is 7.11 Å². The maximum absolute atomic E-state index is 12.0. The molecule has 1 heterocycles. The number of esters is 1. The first-order valence-electron chi connectivity index (χ1n) is 6.15. The zero-order valence-electron chi connectivity index (χ0n) is 11.3. The van der Waals surface area contributed by atoms with Gasteiger partial charge in [0.1, 0.15) is 5.60 Å². The third-order valence-corrected chi connectivity index (χ3v) is 3.67. The van der Waals surface area contributed by atoms with Crippen molar-refractivity contribution in [3.05, 3.63) is 0 Å². The Bertz CT molecular complexity index is 272. The number of carbonyl (C=O) groups excluding carboxylic acids is 1. The second-order valence-electron chi connectivity index (χ2n) is 5.42. The van der Waals surface area contributed by atoms with Gasteiger partial charge >= 0.3 is 5.97 Å². The van der Waals surface area contributed by atoms with Crippen LogP contribution < -0.4 is 0 Å². The van der Waals surface area contributed by atoms with E-state index >= 15 is 0 Å². The van der Waals surface area contributed by atoms with Gasteiger partial charge in [-0.15, -0.1) is 0 Å². The van der Waals surface area contributed by atoms with Gasteiger partial charge in [0.15, 0.2) is 5.60 Å². The number of rotatable bonds is 5. The van der Waals surface area contributed by atoms with Gasteiger partial charge in [0.25, 0.3) is 0 Å². The molecule has 0 bridgehead atoms. The molecule has 0 aliphatic carbocycles. The molecule has 1 aliphatic rings. The summed E-state index contributed by atoms with van der Waals surface area (Å²) in [6, 6.07) is 0. The van der Waals surface area contributed by atoms with Crippen molar-refractivity contribution in [3.8, 4) is 0 Å². The average Bonchev–Trinajstić information content (AvgIpc) is 2.86. The Morgan fingerprint density at radius 2 is 1.88 bits per heavy atom. The van der Waals surface area contributed by atoms with E-state index < -0.39 is 5.60 Å². The van der Waals surface area contributed by atoms with Crippen LogP contribution in [-0.4, -0.2) is 24.3 Å². The molecule has 1 aliphatic heterocycles. The maximum Gasteiger partial charge on any atom is 0.341 e. The van der Waals surface area contributed by atoms with Crippen LogP contribution in [0.5, 0.6) is 0 Å². The molecule has 0 spiro atoms. The summed E-state index contributed by atoms with van der Waals surface area (Å²) in [5, 5.41) is 0. The van der Waals surface area contributed by atoms with Gasteiger partial charge in [0.05, 0.1) is 7.11 Å². The van der Waals surface area contributed by atoms with Crippen LogP contribution in [0.2, 0.25) is 0 Å². The minimum atomic E-state index is -0.696. The first-order chi connectivity index (χ1) is 7.36. The van der Waals surface area contributed by atoms with Gasteiger partial charge in [-0.25, -0.2) is 4.79 Å². The minimum Gasteiger partial charge on any atom is -0.467 e. The van der Waals surface area contributed by atoms with E-state index in [1.54, 1.807) is 0 Å². The average molecular weight is 228 g/mol. The fourth-order valence-electron chi connectivity index (χ4n) is 2.89. The Morgan fingerprint density at radius 1 is 1.31 bits per heavy atom. The topological polar surface area (TPSA) is 38.8 Å². The number of hydrogen-bond acceptors (Lipinski definition) is 3. The van der Waals surface area contributed by atoms with Crippen molar-refractivity contribution >= 4 is 5.97 Å². The van der Waals surface area contributed by atoms with Crippen LogP contribution in [0.15, 0.2) is 0 Å². The monoisotopic (exact) mass is 228 g/mol. The molecule has 3 heteroatoms. The Kier molecular flexibility index (Phi) is 3.68. The minimum absolute atomic E-state index is 0.211. The maximum atomic E-state index is 12.0. The zero-order chi connectivity index (χ0) is 12.6. The molecule has 1 saturated heterocycles. The summed E-state index contributed by atoms with van der Waals surface area (Å²) >= 11 is 0. The number of epoxide rings is 1. The Hall–Kier alpha value is -0.570. The SMILES string of the molecule is CCC1(C(C)C)OC1(CC(C)C)C(=O)OC. The van der Waals surface area contributed by atoms with E-state index in [0.29, 0.717) is 11.8 Å². The van der Waals surface area contributed by atoms with Gasteiger partial charge in [-0.3, -0.25) is 0 Å². The van der Waals surface area contributed by atoms with Gasteiger partial charge < -0.3 is 9.47 Å². The highest BCUT2D eigenvalue weighted by Gasteiger charge is 2.75. The van der Waals surface area contributed by atoms with E-state index in [4.69, 9.17) is 9.47 Å². The Balaban J connectivity index is 2.98. The summed E-state index contributed by atoms with van der Waals surface area (Å²) in [5.41, 5.74) is -1.01. The molecular weight excluding hydrogens is 204 g/mol. The molecule has 0 aromatic carbocycles. The molecule has 0 radical (unpaired) electrons. The van der Waals surface area contributed by atoms with Crippen LogP contribution >= 0.6 is 0 Å². The van der Waals surface area contributed by atoms with Gasteiger partial charge in [-0.05, 0) is 24.7 Å². The second-order valence-corrected chi connectivity index (χ2v) is 5.42. The molecule has 3 nitrogen and oxygen atoms in total. The highest BCUT2D eigenvalue weighted by molar-refractivity contribution is 5.85. The normalized spacial score (nSPS) is 33.2. The van der Waals surface area contributed by atoms with Crippen LogP contribution in [0.4, 0.5) is 0 Å². The molecule has 0 aromatic rings. The Labute approximate surface area is 98.5 Å². The largest absolute Gasteiger partial charge is 0.467 e. The highest BCUT2D eigenvalue weighted by Crippen LogP contribution is 2.58. The molecule has 1 fully saturated rings. The smallest absolute Gasteiger partial charge is 0.341 e. The molecule has 0 N–H and O–H groups in total. The standard InChI is InChI=1S/C13H24O3/c1-7-12(10(4)5)13(16-12,8-9(2)3)11(14)15-6/h9-10H,7-8H2,1-6H3. The van der Waals surface area contributed by atoms with Crippen LogP contribution in [0.3, 0.4) is 0 Å². The third-order valence-electron chi connectivity index (χ3n) is 3.67. The van der Waals surface area contributed by atoms with Crippen LogP contribution in [-0.2, 0) is 14.3 Å². The lowest BCUT2D eigenvalue weighted by Crippen LogP contribution is -2.39. The summed E-state index contributed by atoms with van der Waals surface area (Å²) in [5.74, 6) is 0.540. The van der Waals surface area contributed by atoms with Crippen molar-refractivity contribution in [1.29, 1.82) is 0 Å². The van der Waals surface area contributed by atoms with E-state index in [0.717, 1.165) is 12.8 Å². The lowest BCUT2D eigenvalue weighted by Gasteiger charge is -2.21. The van der Waals surface area contributed by atoms with Gasteiger partial charge in [0, 0.05) is 0 Å². The van der Waals surface area contributed by atoms with Crippen LogP contribution in [0.25, 0.3) is 0 Å². The molecule has 2 atom stereocenters. The van der Waals surface area contributed by atoms with Crippen molar-refractivity contribution in [3.63, 3.8) is 0 Å². The fraction of sp³-hybridized carbons (Fsp3) is 0.923. The molecule has 0 saturated carbocycles. The predicted molar refractivity (Wildman–Crippen MR) is 63.1 cm³/mol. The van der Waals surface area contributed by atoms with E-state index in [-0.39, 0.29) is 11.6 Å². The fourth-order valence-corrected chi connectivity index (χ4v) is 2.89. The quantitative estimate of drug-likeness (QED) is 0.536. The predicted octanol–water partition coefficient (Wildman–Crippen LogP) is 2.78. The molecule has 0 aromatic heterocycles. The number of ether oxygens (including phenoxy) is 2. The van der Waals surface area contributed by atoms with Crippen molar-refractivity contribution in [2.24, 2.45) is 11.8 Å². The number of carbonyl (C=O) groups is 1. The van der Waals surface area contributed by atoms with Gasteiger partial charge in [0.2, 0.25) is 0 Å². The highest BCUT2D eigenvalue weighted by atomic mass is 16.7. The summed E-state index contributed by atoms with van der Waals surface area (Å²) in [7, 11) is 1.44. The zero-order valence-corrected chi connectivity index (χ0v) is 11.3.